The molecule has 1 N–H and O–H groups in total. The highest BCUT2D eigenvalue weighted by Gasteiger charge is 2.15. The standard InChI is InChI=1S/C15H19ClN2O2/c1-10(2)7-17-8-13-15(20-9-18-13)12-5-4-11(16)6-14(12)19-3/h4-6,9-10,17H,7-8H2,1-3H3. The fraction of sp³-hybridized carbons (Fsp3) is 0.400. The molecule has 0 atom stereocenters. The van der Waals surface area contributed by atoms with E-state index in [1.54, 1.807) is 13.2 Å². The highest BCUT2D eigenvalue weighted by Crippen LogP contribution is 2.34. The van der Waals surface area contributed by atoms with Gasteiger partial charge in [-0.3, -0.25) is 0 Å². The molecule has 1 aromatic heterocycles. The van der Waals surface area contributed by atoms with Crippen LogP contribution >= 0.6 is 11.6 Å². The fourth-order valence-corrected chi connectivity index (χ4v) is 2.11. The third kappa shape index (κ3) is 3.52. The monoisotopic (exact) mass is 294 g/mol. The Kier molecular flexibility index (Phi) is 5.04. The van der Waals surface area contributed by atoms with Gasteiger partial charge in [-0.1, -0.05) is 25.4 Å². The number of rotatable bonds is 6. The molecular formula is C15H19ClN2O2. The Morgan fingerprint density at radius 1 is 1.40 bits per heavy atom. The molecule has 0 radical (unpaired) electrons. The van der Waals surface area contributed by atoms with Gasteiger partial charge in [0.15, 0.2) is 12.2 Å². The molecule has 0 saturated carbocycles. The van der Waals surface area contributed by atoms with Crippen LogP contribution in [0.5, 0.6) is 5.75 Å². The van der Waals surface area contributed by atoms with Crippen molar-refractivity contribution in [3.8, 4) is 17.1 Å². The molecule has 0 unspecified atom stereocenters. The molecule has 1 heterocycles. The lowest BCUT2D eigenvalue weighted by Gasteiger charge is -2.09. The molecule has 0 aliphatic carbocycles. The molecule has 5 heteroatoms. The Balaban J connectivity index is 2.23. The van der Waals surface area contributed by atoms with Crippen LogP contribution in [0.25, 0.3) is 11.3 Å². The average Bonchev–Trinajstić information content (AvgIpc) is 2.86. The number of hydrogen-bond donors (Lipinski definition) is 1. The second-order valence-electron chi connectivity index (χ2n) is 5.00. The number of oxazole rings is 1. The molecule has 0 fully saturated rings. The number of benzene rings is 1. The maximum absolute atomic E-state index is 5.98. The summed E-state index contributed by atoms with van der Waals surface area (Å²) in [7, 11) is 1.61. The number of aromatic nitrogens is 1. The molecular weight excluding hydrogens is 276 g/mol. The summed E-state index contributed by atoms with van der Waals surface area (Å²) in [6.45, 7) is 5.93. The highest BCUT2D eigenvalue weighted by atomic mass is 35.5. The van der Waals surface area contributed by atoms with Crippen molar-refractivity contribution in [2.24, 2.45) is 5.92 Å². The Morgan fingerprint density at radius 2 is 2.20 bits per heavy atom. The van der Waals surface area contributed by atoms with Crippen LogP contribution in [-0.2, 0) is 6.54 Å². The van der Waals surface area contributed by atoms with Gasteiger partial charge in [-0.25, -0.2) is 4.98 Å². The summed E-state index contributed by atoms with van der Waals surface area (Å²) in [5.74, 6) is 1.99. The van der Waals surface area contributed by atoms with E-state index in [-0.39, 0.29) is 0 Å². The summed E-state index contributed by atoms with van der Waals surface area (Å²) in [6.07, 6.45) is 1.45. The highest BCUT2D eigenvalue weighted by molar-refractivity contribution is 6.30. The van der Waals surface area contributed by atoms with Gasteiger partial charge < -0.3 is 14.5 Å². The summed E-state index contributed by atoms with van der Waals surface area (Å²) < 4.78 is 10.9. The van der Waals surface area contributed by atoms with E-state index in [4.69, 9.17) is 20.8 Å². The van der Waals surface area contributed by atoms with Crippen LogP contribution in [-0.4, -0.2) is 18.6 Å². The van der Waals surface area contributed by atoms with Crippen LogP contribution in [0.4, 0.5) is 0 Å². The fourth-order valence-electron chi connectivity index (χ4n) is 1.95. The van der Waals surface area contributed by atoms with Crippen molar-refractivity contribution < 1.29 is 9.15 Å². The minimum Gasteiger partial charge on any atom is -0.496 e. The predicted octanol–water partition coefficient (Wildman–Crippen LogP) is 3.75. The van der Waals surface area contributed by atoms with E-state index in [2.05, 4.69) is 24.1 Å². The topological polar surface area (TPSA) is 47.3 Å². The van der Waals surface area contributed by atoms with E-state index >= 15 is 0 Å². The van der Waals surface area contributed by atoms with Crippen LogP contribution in [0.2, 0.25) is 5.02 Å². The lowest BCUT2D eigenvalue weighted by atomic mass is 10.1. The van der Waals surface area contributed by atoms with Crippen molar-refractivity contribution in [3.05, 3.63) is 35.3 Å². The summed E-state index contributed by atoms with van der Waals surface area (Å²) in [5, 5.41) is 3.99. The lowest BCUT2D eigenvalue weighted by molar-refractivity contribution is 0.414. The molecule has 108 valence electrons. The first-order valence-electron chi connectivity index (χ1n) is 6.58. The summed E-state index contributed by atoms with van der Waals surface area (Å²) in [4.78, 5) is 4.27. The Morgan fingerprint density at radius 3 is 2.90 bits per heavy atom. The quantitative estimate of drug-likeness (QED) is 0.881. The average molecular weight is 295 g/mol. The second kappa shape index (κ2) is 6.77. The molecule has 0 bridgehead atoms. The van der Waals surface area contributed by atoms with Crippen molar-refractivity contribution in [1.82, 2.24) is 10.3 Å². The van der Waals surface area contributed by atoms with Crippen LogP contribution in [0.3, 0.4) is 0 Å². The van der Waals surface area contributed by atoms with Gasteiger partial charge in [0.05, 0.1) is 12.7 Å². The Hall–Kier alpha value is -1.52. The third-order valence-electron chi connectivity index (χ3n) is 2.89. The Bertz CT molecular complexity index is 567. The maximum Gasteiger partial charge on any atom is 0.181 e. The second-order valence-corrected chi connectivity index (χ2v) is 5.43. The molecule has 20 heavy (non-hydrogen) atoms. The van der Waals surface area contributed by atoms with Gasteiger partial charge in [0, 0.05) is 11.6 Å². The van der Waals surface area contributed by atoms with Gasteiger partial charge >= 0.3 is 0 Å². The van der Waals surface area contributed by atoms with Crippen molar-refractivity contribution in [2.45, 2.75) is 20.4 Å². The van der Waals surface area contributed by atoms with Gasteiger partial charge in [0.25, 0.3) is 0 Å². The maximum atomic E-state index is 5.98. The lowest BCUT2D eigenvalue weighted by Crippen LogP contribution is -2.19. The van der Waals surface area contributed by atoms with Crippen molar-refractivity contribution >= 4 is 11.6 Å². The van der Waals surface area contributed by atoms with E-state index in [1.807, 2.05) is 12.1 Å². The number of hydrogen-bond acceptors (Lipinski definition) is 4. The molecule has 4 nitrogen and oxygen atoms in total. The van der Waals surface area contributed by atoms with Gasteiger partial charge in [-0.15, -0.1) is 0 Å². The number of nitrogens with one attached hydrogen (secondary N) is 1. The molecule has 0 aliphatic rings. The number of nitrogens with zero attached hydrogens (tertiary/aromatic N) is 1. The largest absolute Gasteiger partial charge is 0.496 e. The first kappa shape index (κ1) is 14.9. The number of methoxy groups -OCH3 is 1. The normalized spacial score (nSPS) is 11.1. The zero-order valence-electron chi connectivity index (χ0n) is 11.9. The van der Waals surface area contributed by atoms with Gasteiger partial charge in [-0.2, -0.15) is 0 Å². The zero-order chi connectivity index (χ0) is 14.5. The van der Waals surface area contributed by atoms with E-state index in [9.17, 15) is 0 Å². The van der Waals surface area contributed by atoms with Crippen LogP contribution < -0.4 is 10.1 Å². The van der Waals surface area contributed by atoms with Gasteiger partial charge in [0.1, 0.15) is 11.4 Å². The third-order valence-corrected chi connectivity index (χ3v) is 3.13. The first-order chi connectivity index (χ1) is 9.61. The van der Waals surface area contributed by atoms with Crippen molar-refractivity contribution in [1.29, 1.82) is 0 Å². The first-order valence-corrected chi connectivity index (χ1v) is 6.96. The summed E-state index contributed by atoms with van der Waals surface area (Å²) in [6, 6.07) is 5.46. The number of ether oxygens (including phenoxy) is 1. The molecule has 0 saturated heterocycles. The van der Waals surface area contributed by atoms with Gasteiger partial charge in [0.2, 0.25) is 0 Å². The van der Waals surface area contributed by atoms with Crippen LogP contribution in [0.15, 0.2) is 29.0 Å². The predicted molar refractivity (Wildman–Crippen MR) is 80.0 cm³/mol. The molecule has 0 aliphatic heterocycles. The molecule has 0 spiro atoms. The van der Waals surface area contributed by atoms with Gasteiger partial charge in [-0.05, 0) is 30.7 Å². The van der Waals surface area contributed by atoms with Crippen LogP contribution in [0.1, 0.15) is 19.5 Å². The Labute approximate surface area is 124 Å². The number of halogens is 1. The summed E-state index contributed by atoms with van der Waals surface area (Å²) in [5.41, 5.74) is 1.72. The zero-order valence-corrected chi connectivity index (χ0v) is 12.7. The van der Waals surface area contributed by atoms with E-state index in [0.29, 0.717) is 23.2 Å². The summed E-state index contributed by atoms with van der Waals surface area (Å²) >= 11 is 5.98. The van der Waals surface area contributed by atoms with E-state index in [1.165, 1.54) is 6.39 Å². The van der Waals surface area contributed by atoms with Crippen LogP contribution in [0, 0.1) is 5.92 Å². The molecule has 1 aromatic carbocycles. The SMILES string of the molecule is COc1cc(Cl)ccc1-c1ocnc1CNCC(C)C. The van der Waals surface area contributed by atoms with E-state index < -0.39 is 0 Å². The minimum atomic E-state index is 0.593. The molecule has 2 aromatic rings. The molecule has 0 amide bonds. The van der Waals surface area contributed by atoms with Crippen molar-refractivity contribution in [2.75, 3.05) is 13.7 Å². The minimum absolute atomic E-state index is 0.593. The smallest absolute Gasteiger partial charge is 0.181 e. The van der Waals surface area contributed by atoms with E-state index in [0.717, 1.165) is 23.6 Å². The van der Waals surface area contributed by atoms with Crippen molar-refractivity contribution in [3.63, 3.8) is 0 Å². The molecule has 2 rings (SSSR count).